The van der Waals surface area contributed by atoms with Crippen LogP contribution in [0, 0.1) is 0 Å². The molecule has 14 heavy (non-hydrogen) atoms. The molecule has 0 aliphatic carbocycles. The van der Waals surface area contributed by atoms with Crippen LogP contribution in [-0.4, -0.2) is 17.5 Å². The number of rotatable bonds is 2. The highest BCUT2D eigenvalue weighted by atomic mass is 32.2. The number of aliphatic hydroxyl groups excluding tert-OH is 1. The molecule has 0 bridgehead atoms. The Kier molecular flexibility index (Phi) is 3.14. The molecule has 2 rings (SSSR count). The van der Waals surface area contributed by atoms with Crippen LogP contribution in [0.3, 0.4) is 0 Å². The van der Waals surface area contributed by atoms with Crippen LogP contribution < -0.4 is 0 Å². The van der Waals surface area contributed by atoms with Crippen molar-refractivity contribution in [3.8, 4) is 0 Å². The number of aliphatic hydroxyl groups is 1. The van der Waals surface area contributed by atoms with Gasteiger partial charge in [-0.05, 0) is 24.2 Å². The zero-order chi connectivity index (χ0) is 9.86. The summed E-state index contributed by atoms with van der Waals surface area (Å²) in [5, 5.41) is 9.57. The van der Waals surface area contributed by atoms with Crippen molar-refractivity contribution in [1.82, 2.24) is 0 Å². The Labute approximate surface area is 89.5 Å². The second kappa shape index (κ2) is 4.37. The average Bonchev–Trinajstić information content (AvgIpc) is 2.31. The van der Waals surface area contributed by atoms with E-state index in [9.17, 15) is 5.11 Å². The molecule has 0 radical (unpaired) electrons. The molecule has 1 aromatic rings. The van der Waals surface area contributed by atoms with Gasteiger partial charge >= 0.3 is 0 Å². The lowest BCUT2D eigenvalue weighted by Gasteiger charge is -2.35. The second-order valence-electron chi connectivity index (χ2n) is 3.82. The molecule has 2 heteroatoms. The van der Waals surface area contributed by atoms with E-state index in [1.807, 2.05) is 17.8 Å². The Morgan fingerprint density at radius 1 is 1.21 bits per heavy atom. The SMILES string of the molecule is OC[C@]1(c2ccccc2)CCCCS1. The third-order valence-electron chi connectivity index (χ3n) is 2.91. The first-order chi connectivity index (χ1) is 6.87. The molecule has 1 atom stereocenters. The molecule has 1 aromatic carbocycles. The quantitative estimate of drug-likeness (QED) is 0.806. The lowest BCUT2D eigenvalue weighted by Crippen LogP contribution is -2.29. The van der Waals surface area contributed by atoms with Gasteiger partial charge in [-0.25, -0.2) is 0 Å². The van der Waals surface area contributed by atoms with Crippen molar-refractivity contribution in [2.75, 3.05) is 12.4 Å². The minimum atomic E-state index is -0.0144. The van der Waals surface area contributed by atoms with Gasteiger partial charge in [0.1, 0.15) is 0 Å². The van der Waals surface area contributed by atoms with E-state index < -0.39 is 0 Å². The second-order valence-corrected chi connectivity index (χ2v) is 5.30. The van der Waals surface area contributed by atoms with Gasteiger partial charge in [0.25, 0.3) is 0 Å². The smallest absolute Gasteiger partial charge is 0.0638 e. The van der Waals surface area contributed by atoms with E-state index in [4.69, 9.17) is 0 Å². The van der Waals surface area contributed by atoms with E-state index in [0.29, 0.717) is 0 Å². The van der Waals surface area contributed by atoms with E-state index in [0.717, 1.165) is 6.42 Å². The lowest BCUT2D eigenvalue weighted by molar-refractivity contribution is 0.236. The summed E-state index contributed by atoms with van der Waals surface area (Å²) in [6, 6.07) is 10.4. The first-order valence-corrected chi connectivity index (χ1v) is 6.16. The third-order valence-corrected chi connectivity index (χ3v) is 4.52. The van der Waals surface area contributed by atoms with Crippen LogP contribution in [-0.2, 0) is 4.75 Å². The monoisotopic (exact) mass is 208 g/mol. The van der Waals surface area contributed by atoms with Crippen LogP contribution >= 0.6 is 11.8 Å². The van der Waals surface area contributed by atoms with Crippen molar-refractivity contribution in [1.29, 1.82) is 0 Å². The largest absolute Gasteiger partial charge is 0.395 e. The van der Waals surface area contributed by atoms with E-state index in [1.165, 1.54) is 24.2 Å². The van der Waals surface area contributed by atoms with Crippen LogP contribution in [0.1, 0.15) is 24.8 Å². The van der Waals surface area contributed by atoms with E-state index in [-0.39, 0.29) is 11.4 Å². The molecule has 0 saturated carbocycles. The van der Waals surface area contributed by atoms with E-state index in [2.05, 4.69) is 24.3 Å². The first kappa shape index (κ1) is 10.1. The van der Waals surface area contributed by atoms with Crippen LogP contribution in [0.15, 0.2) is 30.3 Å². The highest BCUT2D eigenvalue weighted by molar-refractivity contribution is 8.00. The number of benzene rings is 1. The van der Waals surface area contributed by atoms with Crippen molar-refractivity contribution in [3.05, 3.63) is 35.9 Å². The van der Waals surface area contributed by atoms with Crippen molar-refractivity contribution < 1.29 is 5.11 Å². The van der Waals surface area contributed by atoms with Gasteiger partial charge in [0.15, 0.2) is 0 Å². The van der Waals surface area contributed by atoms with Gasteiger partial charge in [-0.15, -0.1) is 11.8 Å². The fraction of sp³-hybridized carbons (Fsp3) is 0.500. The Hall–Kier alpha value is -0.470. The average molecular weight is 208 g/mol. The first-order valence-electron chi connectivity index (χ1n) is 5.18. The van der Waals surface area contributed by atoms with Gasteiger partial charge in [0.2, 0.25) is 0 Å². The molecular formula is C12H16OS. The maximum absolute atomic E-state index is 9.57. The van der Waals surface area contributed by atoms with Crippen molar-refractivity contribution in [2.24, 2.45) is 0 Å². The van der Waals surface area contributed by atoms with E-state index >= 15 is 0 Å². The summed E-state index contributed by atoms with van der Waals surface area (Å²) in [5.74, 6) is 1.18. The fourth-order valence-corrected chi connectivity index (χ4v) is 3.46. The van der Waals surface area contributed by atoms with Gasteiger partial charge < -0.3 is 5.11 Å². The van der Waals surface area contributed by atoms with Crippen LogP contribution in [0.2, 0.25) is 0 Å². The maximum Gasteiger partial charge on any atom is 0.0638 e. The molecule has 1 heterocycles. The lowest BCUT2D eigenvalue weighted by atomic mass is 9.93. The van der Waals surface area contributed by atoms with Gasteiger partial charge in [-0.3, -0.25) is 0 Å². The summed E-state index contributed by atoms with van der Waals surface area (Å²) in [4.78, 5) is 0. The van der Waals surface area contributed by atoms with E-state index in [1.54, 1.807) is 0 Å². The minimum absolute atomic E-state index is 0.0144. The molecule has 1 fully saturated rings. The number of hydrogen-bond acceptors (Lipinski definition) is 2. The summed E-state index contributed by atoms with van der Waals surface area (Å²) >= 11 is 1.91. The summed E-state index contributed by atoms with van der Waals surface area (Å²) < 4.78 is -0.0144. The fourth-order valence-electron chi connectivity index (χ4n) is 2.04. The molecule has 0 aromatic heterocycles. The molecule has 1 aliphatic rings. The number of thioether (sulfide) groups is 1. The Morgan fingerprint density at radius 3 is 2.57 bits per heavy atom. The number of hydrogen-bond donors (Lipinski definition) is 1. The van der Waals surface area contributed by atoms with Gasteiger partial charge in [-0.1, -0.05) is 36.8 Å². The molecule has 1 aliphatic heterocycles. The molecule has 76 valence electrons. The normalized spacial score (nSPS) is 27.5. The molecule has 1 saturated heterocycles. The van der Waals surface area contributed by atoms with Gasteiger partial charge in [-0.2, -0.15) is 0 Å². The van der Waals surface area contributed by atoms with Gasteiger partial charge in [0.05, 0.1) is 11.4 Å². The summed E-state index contributed by atoms with van der Waals surface area (Å²) in [6.45, 7) is 0.266. The van der Waals surface area contributed by atoms with Crippen molar-refractivity contribution in [3.63, 3.8) is 0 Å². The summed E-state index contributed by atoms with van der Waals surface area (Å²) in [6.07, 6.45) is 3.64. The van der Waals surface area contributed by atoms with Crippen LogP contribution in [0.4, 0.5) is 0 Å². The van der Waals surface area contributed by atoms with Crippen LogP contribution in [0.5, 0.6) is 0 Å². The molecule has 0 unspecified atom stereocenters. The molecule has 0 amide bonds. The molecule has 0 spiro atoms. The zero-order valence-corrected chi connectivity index (χ0v) is 9.09. The van der Waals surface area contributed by atoms with Crippen molar-refractivity contribution >= 4 is 11.8 Å². The predicted molar refractivity (Wildman–Crippen MR) is 61.5 cm³/mol. The topological polar surface area (TPSA) is 20.2 Å². The highest BCUT2D eigenvalue weighted by Crippen LogP contribution is 2.44. The molecule has 1 N–H and O–H groups in total. The van der Waals surface area contributed by atoms with Crippen LogP contribution in [0.25, 0.3) is 0 Å². The predicted octanol–water partition coefficient (Wildman–Crippen LogP) is 2.79. The third kappa shape index (κ3) is 1.82. The molecular weight excluding hydrogens is 192 g/mol. The van der Waals surface area contributed by atoms with Crippen molar-refractivity contribution in [2.45, 2.75) is 24.0 Å². The Balaban J connectivity index is 2.27. The van der Waals surface area contributed by atoms with Gasteiger partial charge in [0, 0.05) is 0 Å². The zero-order valence-electron chi connectivity index (χ0n) is 8.28. The maximum atomic E-state index is 9.57. The Morgan fingerprint density at radius 2 is 2.00 bits per heavy atom. The summed E-state index contributed by atoms with van der Waals surface area (Å²) in [5.41, 5.74) is 1.28. The highest BCUT2D eigenvalue weighted by Gasteiger charge is 2.33. The standard InChI is InChI=1S/C12H16OS/c13-10-12(8-4-5-9-14-12)11-6-2-1-3-7-11/h1-3,6-7,13H,4-5,8-10H2/t12-/m0/s1. The molecule has 1 nitrogen and oxygen atoms in total. The minimum Gasteiger partial charge on any atom is -0.395 e. The summed E-state index contributed by atoms with van der Waals surface area (Å²) in [7, 11) is 0. The Bertz CT molecular complexity index is 278.